The van der Waals surface area contributed by atoms with Crippen molar-refractivity contribution in [2.45, 2.75) is 6.61 Å². The Morgan fingerprint density at radius 3 is 2.58 bits per heavy atom. The molecule has 8 nitrogen and oxygen atoms in total. The molecule has 3 N–H and O–H groups in total. The number of fused-ring (bicyclic) bond motifs is 1. The van der Waals surface area contributed by atoms with Gasteiger partial charge in [-0.15, -0.1) is 0 Å². The molecule has 3 heterocycles. The maximum atomic E-state index is 13.0. The monoisotopic (exact) mass is 419 g/mol. The number of nitrogens with zero attached hydrogens (tertiary/aromatic N) is 4. The van der Waals surface area contributed by atoms with E-state index in [2.05, 4.69) is 35.7 Å². The van der Waals surface area contributed by atoms with Crippen molar-refractivity contribution in [3.63, 3.8) is 0 Å². The third-order valence-electron chi connectivity index (χ3n) is 4.68. The van der Waals surface area contributed by atoms with Crippen LogP contribution in [-0.4, -0.2) is 37.0 Å². The predicted octanol–water partition coefficient (Wildman–Crippen LogP) is 4.76. The van der Waals surface area contributed by atoms with E-state index < -0.39 is 6.61 Å². The Morgan fingerprint density at radius 1 is 0.935 bits per heavy atom. The quantitative estimate of drug-likeness (QED) is 0.367. The Hall–Kier alpha value is -4.34. The Bertz CT molecular complexity index is 1320. The standard InChI is InChI=1S/C21H15F2N7O/c22-21(23)31-16-7-6-13(12-4-2-1-3-5-12)10-15(16)27-19-17-18(14-8-9-26-28-14)29-30-20(17)25-11-24-19/h1-11,21H,(H,26,28)(H2,24,25,27,29,30). The number of hydrogen-bond donors (Lipinski definition) is 3. The van der Waals surface area contributed by atoms with Crippen LogP contribution in [0, 0.1) is 0 Å². The van der Waals surface area contributed by atoms with Gasteiger partial charge in [0.05, 0.1) is 22.5 Å². The number of H-pyrrole nitrogens is 2. The molecule has 0 aliphatic heterocycles. The second-order valence-corrected chi connectivity index (χ2v) is 6.57. The zero-order valence-corrected chi connectivity index (χ0v) is 15.9. The largest absolute Gasteiger partial charge is 0.433 e. The number of rotatable bonds is 6. The number of nitrogens with one attached hydrogen (secondary N) is 3. The highest BCUT2D eigenvalue weighted by Gasteiger charge is 2.18. The molecule has 0 aliphatic rings. The van der Waals surface area contributed by atoms with Gasteiger partial charge in [0.1, 0.15) is 17.9 Å². The first-order chi connectivity index (χ1) is 15.2. The van der Waals surface area contributed by atoms with E-state index in [0.29, 0.717) is 33.9 Å². The minimum atomic E-state index is -2.97. The Kier molecular flexibility index (Phi) is 4.71. The molecule has 10 heteroatoms. The molecule has 31 heavy (non-hydrogen) atoms. The van der Waals surface area contributed by atoms with Crippen LogP contribution in [0.5, 0.6) is 5.75 Å². The molecular formula is C21H15F2N7O. The molecular weight excluding hydrogens is 404 g/mol. The number of hydrogen-bond acceptors (Lipinski definition) is 6. The minimum Gasteiger partial charge on any atom is -0.433 e. The topological polar surface area (TPSA) is 104 Å². The van der Waals surface area contributed by atoms with Crippen molar-refractivity contribution >= 4 is 22.5 Å². The van der Waals surface area contributed by atoms with Crippen LogP contribution >= 0.6 is 0 Å². The van der Waals surface area contributed by atoms with Gasteiger partial charge in [-0.05, 0) is 29.3 Å². The van der Waals surface area contributed by atoms with Gasteiger partial charge in [-0.2, -0.15) is 19.0 Å². The number of anilines is 2. The summed E-state index contributed by atoms with van der Waals surface area (Å²) >= 11 is 0. The summed E-state index contributed by atoms with van der Waals surface area (Å²) in [5, 5.41) is 17.6. The average molecular weight is 419 g/mol. The van der Waals surface area contributed by atoms with Crippen LogP contribution < -0.4 is 10.1 Å². The van der Waals surface area contributed by atoms with Gasteiger partial charge >= 0.3 is 6.61 Å². The highest BCUT2D eigenvalue weighted by atomic mass is 19.3. The zero-order chi connectivity index (χ0) is 21.2. The summed E-state index contributed by atoms with van der Waals surface area (Å²) < 4.78 is 30.8. The van der Waals surface area contributed by atoms with Crippen molar-refractivity contribution in [2.75, 3.05) is 5.32 Å². The summed E-state index contributed by atoms with van der Waals surface area (Å²) in [4.78, 5) is 8.48. The first kappa shape index (κ1) is 18.7. The lowest BCUT2D eigenvalue weighted by atomic mass is 10.0. The predicted molar refractivity (Wildman–Crippen MR) is 111 cm³/mol. The van der Waals surface area contributed by atoms with E-state index in [1.165, 1.54) is 12.4 Å². The van der Waals surface area contributed by atoms with E-state index in [4.69, 9.17) is 4.74 Å². The Labute approximate surface area is 174 Å². The summed E-state index contributed by atoms with van der Waals surface area (Å²) in [7, 11) is 0. The maximum Gasteiger partial charge on any atom is 0.387 e. The van der Waals surface area contributed by atoms with Gasteiger partial charge in [-0.1, -0.05) is 36.4 Å². The normalized spacial score (nSPS) is 11.2. The molecule has 0 unspecified atom stereocenters. The van der Waals surface area contributed by atoms with Crippen LogP contribution in [0.15, 0.2) is 67.1 Å². The fourth-order valence-corrected chi connectivity index (χ4v) is 3.30. The van der Waals surface area contributed by atoms with Crippen molar-refractivity contribution in [1.29, 1.82) is 0 Å². The number of aromatic nitrogens is 6. The van der Waals surface area contributed by atoms with Gasteiger partial charge in [0, 0.05) is 6.20 Å². The molecule has 0 spiro atoms. The first-order valence-corrected chi connectivity index (χ1v) is 9.29. The minimum absolute atomic E-state index is 0.00646. The SMILES string of the molecule is FC(F)Oc1ccc(-c2ccccc2)cc1Nc1ncnc2n[nH]c(-c3ccn[nH]3)c12. The second kappa shape index (κ2) is 7.82. The zero-order valence-electron chi connectivity index (χ0n) is 15.9. The molecule has 0 radical (unpaired) electrons. The number of alkyl halides is 2. The fourth-order valence-electron chi connectivity index (χ4n) is 3.30. The van der Waals surface area contributed by atoms with Crippen LogP contribution in [0.2, 0.25) is 0 Å². The van der Waals surface area contributed by atoms with E-state index in [9.17, 15) is 8.78 Å². The van der Waals surface area contributed by atoms with Gasteiger partial charge in [0.2, 0.25) is 0 Å². The summed E-state index contributed by atoms with van der Waals surface area (Å²) in [6.45, 7) is -2.97. The van der Waals surface area contributed by atoms with E-state index in [0.717, 1.165) is 11.1 Å². The Balaban J connectivity index is 1.62. The molecule has 0 aliphatic carbocycles. The molecule has 5 rings (SSSR count). The first-order valence-electron chi connectivity index (χ1n) is 9.29. The lowest BCUT2D eigenvalue weighted by Gasteiger charge is -2.15. The summed E-state index contributed by atoms with van der Waals surface area (Å²) in [6, 6.07) is 16.3. The molecule has 0 amide bonds. The van der Waals surface area contributed by atoms with Gasteiger partial charge in [-0.3, -0.25) is 10.2 Å². The van der Waals surface area contributed by atoms with Crippen LogP contribution in [0.25, 0.3) is 33.5 Å². The highest BCUT2D eigenvalue weighted by Crippen LogP contribution is 2.36. The second-order valence-electron chi connectivity index (χ2n) is 6.57. The van der Waals surface area contributed by atoms with Gasteiger partial charge in [-0.25, -0.2) is 9.97 Å². The maximum absolute atomic E-state index is 13.0. The number of halogens is 2. The van der Waals surface area contributed by atoms with Crippen LogP contribution in [0.4, 0.5) is 20.3 Å². The van der Waals surface area contributed by atoms with Gasteiger partial charge in [0.25, 0.3) is 0 Å². The van der Waals surface area contributed by atoms with Crippen LogP contribution in [-0.2, 0) is 0 Å². The smallest absolute Gasteiger partial charge is 0.387 e. The fraction of sp³-hybridized carbons (Fsp3) is 0.0476. The number of benzene rings is 2. The lowest BCUT2D eigenvalue weighted by molar-refractivity contribution is -0.0493. The van der Waals surface area contributed by atoms with Crippen molar-refractivity contribution in [2.24, 2.45) is 0 Å². The molecule has 0 fully saturated rings. The summed E-state index contributed by atoms with van der Waals surface area (Å²) in [6.07, 6.45) is 2.95. The molecule has 0 atom stereocenters. The number of aromatic amines is 2. The van der Waals surface area contributed by atoms with Crippen molar-refractivity contribution in [3.8, 4) is 28.3 Å². The molecule has 0 bridgehead atoms. The highest BCUT2D eigenvalue weighted by molar-refractivity contribution is 5.99. The number of ether oxygens (including phenoxy) is 1. The lowest BCUT2D eigenvalue weighted by Crippen LogP contribution is -2.05. The van der Waals surface area contributed by atoms with Crippen molar-refractivity contribution in [1.82, 2.24) is 30.4 Å². The van der Waals surface area contributed by atoms with E-state index in [1.807, 2.05) is 30.3 Å². The molecule has 154 valence electrons. The molecule has 3 aromatic heterocycles. The van der Waals surface area contributed by atoms with E-state index >= 15 is 0 Å². The van der Waals surface area contributed by atoms with Crippen molar-refractivity contribution in [3.05, 3.63) is 67.1 Å². The third-order valence-corrected chi connectivity index (χ3v) is 4.68. The Morgan fingerprint density at radius 2 is 1.81 bits per heavy atom. The molecule has 0 saturated carbocycles. The van der Waals surface area contributed by atoms with Crippen molar-refractivity contribution < 1.29 is 13.5 Å². The average Bonchev–Trinajstić information content (AvgIpc) is 3.45. The third kappa shape index (κ3) is 3.66. The van der Waals surface area contributed by atoms with Gasteiger partial charge in [0.15, 0.2) is 5.65 Å². The van der Waals surface area contributed by atoms with Crippen LogP contribution in [0.1, 0.15) is 0 Å². The van der Waals surface area contributed by atoms with Crippen LogP contribution in [0.3, 0.4) is 0 Å². The summed E-state index contributed by atoms with van der Waals surface area (Å²) in [5.74, 6) is 0.376. The summed E-state index contributed by atoms with van der Waals surface area (Å²) in [5.41, 5.74) is 3.81. The van der Waals surface area contributed by atoms with E-state index in [-0.39, 0.29) is 5.75 Å². The molecule has 2 aromatic carbocycles. The van der Waals surface area contributed by atoms with E-state index in [1.54, 1.807) is 24.4 Å². The molecule has 5 aromatic rings. The molecule has 0 saturated heterocycles. The van der Waals surface area contributed by atoms with Gasteiger partial charge < -0.3 is 10.1 Å².